The highest BCUT2D eigenvalue weighted by Crippen LogP contribution is 2.39. The summed E-state index contributed by atoms with van der Waals surface area (Å²) in [6.45, 7) is 7.48. The predicted molar refractivity (Wildman–Crippen MR) is 120 cm³/mol. The normalized spacial score (nSPS) is 20.7. The molecule has 1 fully saturated rings. The third-order valence-corrected chi connectivity index (χ3v) is 6.94. The SMILES string of the molecule is Cc1c(C=C2C(=O)Nc3ccc(C(=O)N4CCCC4)cc32)[nH]c2c1C(=O)C(C)(C)CC2. The fraction of sp³-hybridized carbons (Fsp3) is 0.400. The number of aryl methyl sites for hydroxylation is 1. The summed E-state index contributed by atoms with van der Waals surface area (Å²) < 4.78 is 0. The van der Waals surface area contributed by atoms with Crippen LogP contribution in [0.1, 0.15) is 76.3 Å². The van der Waals surface area contributed by atoms with Crippen LogP contribution in [0.3, 0.4) is 0 Å². The number of carbonyl (C=O) groups is 3. The summed E-state index contributed by atoms with van der Waals surface area (Å²) in [4.78, 5) is 43.8. The topological polar surface area (TPSA) is 82.3 Å². The Balaban J connectivity index is 1.54. The molecule has 0 saturated carbocycles. The second kappa shape index (κ2) is 6.94. The van der Waals surface area contributed by atoms with E-state index in [1.165, 1.54) is 0 Å². The van der Waals surface area contributed by atoms with Gasteiger partial charge in [-0.1, -0.05) is 13.8 Å². The Kier molecular flexibility index (Phi) is 4.43. The van der Waals surface area contributed by atoms with Crippen molar-refractivity contribution in [1.82, 2.24) is 9.88 Å². The van der Waals surface area contributed by atoms with Crippen LogP contribution in [-0.4, -0.2) is 40.6 Å². The van der Waals surface area contributed by atoms with Gasteiger partial charge in [0.05, 0.1) is 5.57 Å². The van der Waals surface area contributed by atoms with E-state index in [1.54, 1.807) is 12.1 Å². The second-order valence-electron chi connectivity index (χ2n) is 9.50. The fourth-order valence-electron chi connectivity index (χ4n) is 4.92. The molecule has 3 heterocycles. The molecule has 0 spiro atoms. The number of likely N-dealkylation sites (tertiary alicyclic amines) is 1. The number of hydrogen-bond acceptors (Lipinski definition) is 3. The van der Waals surface area contributed by atoms with E-state index in [-0.39, 0.29) is 23.0 Å². The predicted octanol–water partition coefficient (Wildman–Crippen LogP) is 4.21. The molecular formula is C25H27N3O3. The minimum atomic E-state index is -0.369. The molecule has 2 N–H and O–H groups in total. The summed E-state index contributed by atoms with van der Waals surface area (Å²) in [6, 6.07) is 5.39. The molecule has 0 atom stereocenters. The van der Waals surface area contributed by atoms with Gasteiger partial charge in [-0.25, -0.2) is 0 Å². The fourth-order valence-corrected chi connectivity index (χ4v) is 4.92. The molecule has 1 saturated heterocycles. The highest BCUT2D eigenvalue weighted by Gasteiger charge is 2.37. The number of Topliss-reactive ketones (excluding diaryl/α,β-unsaturated/α-hetero) is 1. The van der Waals surface area contributed by atoms with Crippen molar-refractivity contribution in [3.8, 4) is 0 Å². The molecule has 6 nitrogen and oxygen atoms in total. The Hall–Kier alpha value is -3.15. The lowest BCUT2D eigenvalue weighted by atomic mass is 9.74. The zero-order valence-corrected chi connectivity index (χ0v) is 18.2. The zero-order chi connectivity index (χ0) is 21.9. The Bertz CT molecular complexity index is 1160. The van der Waals surface area contributed by atoms with Gasteiger partial charge < -0.3 is 15.2 Å². The number of nitrogens with one attached hydrogen (secondary N) is 2. The van der Waals surface area contributed by atoms with Gasteiger partial charge in [-0.3, -0.25) is 14.4 Å². The number of fused-ring (bicyclic) bond motifs is 2. The Labute approximate surface area is 181 Å². The molecule has 1 aliphatic carbocycles. The van der Waals surface area contributed by atoms with Crippen LogP contribution in [0.25, 0.3) is 11.6 Å². The van der Waals surface area contributed by atoms with E-state index in [4.69, 9.17) is 0 Å². The van der Waals surface area contributed by atoms with Gasteiger partial charge >= 0.3 is 0 Å². The number of benzene rings is 1. The largest absolute Gasteiger partial charge is 0.358 e. The molecule has 1 aromatic carbocycles. The minimum Gasteiger partial charge on any atom is -0.358 e. The lowest BCUT2D eigenvalue weighted by Gasteiger charge is -2.28. The first kappa shape index (κ1) is 19.8. The summed E-state index contributed by atoms with van der Waals surface area (Å²) in [6.07, 6.45) is 5.51. The Morgan fingerprint density at radius 1 is 1.16 bits per heavy atom. The summed E-state index contributed by atoms with van der Waals surface area (Å²) in [5.74, 6) is -0.0281. The first-order valence-corrected chi connectivity index (χ1v) is 11.0. The van der Waals surface area contributed by atoms with Crippen molar-refractivity contribution in [2.24, 2.45) is 5.41 Å². The van der Waals surface area contributed by atoms with Gasteiger partial charge in [0.1, 0.15) is 0 Å². The molecule has 2 aliphatic heterocycles. The van der Waals surface area contributed by atoms with Crippen molar-refractivity contribution in [3.05, 3.63) is 51.8 Å². The lowest BCUT2D eigenvalue weighted by molar-refractivity contribution is -0.110. The lowest BCUT2D eigenvalue weighted by Crippen LogP contribution is -2.30. The Morgan fingerprint density at radius 2 is 1.90 bits per heavy atom. The van der Waals surface area contributed by atoms with E-state index in [0.717, 1.165) is 66.9 Å². The summed E-state index contributed by atoms with van der Waals surface area (Å²) in [7, 11) is 0. The molecule has 0 unspecified atom stereocenters. The summed E-state index contributed by atoms with van der Waals surface area (Å²) in [5.41, 5.74) is 5.56. The number of nitrogens with zero attached hydrogens (tertiary/aromatic N) is 1. The maximum Gasteiger partial charge on any atom is 0.256 e. The van der Waals surface area contributed by atoms with Gasteiger partial charge in [-0.2, -0.15) is 0 Å². The number of aromatic nitrogens is 1. The maximum absolute atomic E-state index is 13.0. The van der Waals surface area contributed by atoms with Crippen LogP contribution >= 0.6 is 0 Å². The van der Waals surface area contributed by atoms with Gasteiger partial charge in [0.2, 0.25) is 0 Å². The maximum atomic E-state index is 13.0. The van der Waals surface area contributed by atoms with E-state index >= 15 is 0 Å². The number of H-pyrrole nitrogens is 1. The highest BCUT2D eigenvalue weighted by atomic mass is 16.2. The van der Waals surface area contributed by atoms with E-state index in [0.29, 0.717) is 16.8 Å². The molecule has 5 rings (SSSR count). The number of hydrogen-bond donors (Lipinski definition) is 2. The van der Waals surface area contributed by atoms with Gasteiger partial charge in [0.15, 0.2) is 5.78 Å². The average Bonchev–Trinajstić information content (AvgIpc) is 3.44. The first-order valence-electron chi connectivity index (χ1n) is 11.0. The van der Waals surface area contributed by atoms with Crippen molar-refractivity contribution in [2.75, 3.05) is 18.4 Å². The third kappa shape index (κ3) is 3.12. The number of carbonyl (C=O) groups excluding carboxylic acids is 3. The van der Waals surface area contributed by atoms with Gasteiger partial charge in [-0.15, -0.1) is 0 Å². The molecule has 3 aliphatic rings. The highest BCUT2D eigenvalue weighted by molar-refractivity contribution is 6.35. The molecule has 0 radical (unpaired) electrons. The Morgan fingerprint density at radius 3 is 2.65 bits per heavy atom. The molecule has 6 heteroatoms. The van der Waals surface area contributed by atoms with Crippen LogP contribution in [0.4, 0.5) is 5.69 Å². The van der Waals surface area contributed by atoms with Crippen molar-refractivity contribution >= 4 is 34.9 Å². The van der Waals surface area contributed by atoms with E-state index < -0.39 is 0 Å². The molecular weight excluding hydrogens is 390 g/mol. The van der Waals surface area contributed by atoms with Gasteiger partial charge in [0.25, 0.3) is 11.8 Å². The van der Waals surface area contributed by atoms with Gasteiger partial charge in [0, 0.05) is 52.3 Å². The number of ketones is 1. The zero-order valence-electron chi connectivity index (χ0n) is 18.2. The van der Waals surface area contributed by atoms with E-state index in [1.807, 2.05) is 37.8 Å². The van der Waals surface area contributed by atoms with Crippen LogP contribution in [0.15, 0.2) is 18.2 Å². The molecule has 160 valence electrons. The van der Waals surface area contributed by atoms with Crippen LogP contribution in [0, 0.1) is 12.3 Å². The van der Waals surface area contributed by atoms with Crippen LogP contribution in [-0.2, 0) is 11.2 Å². The number of rotatable bonds is 2. The van der Waals surface area contributed by atoms with Crippen molar-refractivity contribution in [3.63, 3.8) is 0 Å². The van der Waals surface area contributed by atoms with Crippen LogP contribution < -0.4 is 5.32 Å². The van der Waals surface area contributed by atoms with Crippen LogP contribution in [0.2, 0.25) is 0 Å². The molecule has 1 aromatic heterocycles. The van der Waals surface area contributed by atoms with Crippen molar-refractivity contribution in [1.29, 1.82) is 0 Å². The van der Waals surface area contributed by atoms with E-state index in [2.05, 4.69) is 10.3 Å². The quantitative estimate of drug-likeness (QED) is 0.718. The van der Waals surface area contributed by atoms with Crippen LogP contribution in [0.5, 0.6) is 0 Å². The number of amides is 2. The third-order valence-electron chi connectivity index (χ3n) is 6.94. The van der Waals surface area contributed by atoms with Crippen molar-refractivity contribution in [2.45, 2.75) is 46.5 Å². The molecule has 31 heavy (non-hydrogen) atoms. The summed E-state index contributed by atoms with van der Waals surface area (Å²) >= 11 is 0. The second-order valence-corrected chi connectivity index (χ2v) is 9.50. The monoisotopic (exact) mass is 417 g/mol. The number of anilines is 1. The standard InChI is InChI=1S/C25H27N3O3/c1-14-20(26-19-8-9-25(2,3)22(29)21(14)19)13-17-16-12-15(6-7-18(16)27-23(17)30)24(31)28-10-4-5-11-28/h6-7,12-13,26H,4-5,8-11H2,1-3H3,(H,27,30). The number of aromatic amines is 1. The van der Waals surface area contributed by atoms with Gasteiger partial charge in [-0.05, 0) is 62.4 Å². The molecule has 2 aromatic rings. The van der Waals surface area contributed by atoms with Crippen molar-refractivity contribution < 1.29 is 14.4 Å². The van der Waals surface area contributed by atoms with E-state index in [9.17, 15) is 14.4 Å². The molecule has 2 amide bonds. The first-order chi connectivity index (χ1) is 14.8. The molecule has 0 bridgehead atoms. The average molecular weight is 418 g/mol. The minimum absolute atomic E-state index is 0.0124. The smallest absolute Gasteiger partial charge is 0.256 e. The summed E-state index contributed by atoms with van der Waals surface area (Å²) in [5, 5.41) is 2.89.